The van der Waals surface area contributed by atoms with E-state index in [-0.39, 0.29) is 12.5 Å². The van der Waals surface area contributed by atoms with Gasteiger partial charge >= 0.3 is 0 Å². The highest BCUT2D eigenvalue weighted by atomic mass is 19.1. The zero-order valence-electron chi connectivity index (χ0n) is 18.7. The zero-order chi connectivity index (χ0) is 23.9. The first kappa shape index (κ1) is 21.7. The molecule has 5 rings (SSSR count). The predicted molar refractivity (Wildman–Crippen MR) is 122 cm³/mol. The smallest absolute Gasteiger partial charge is 0.251 e. The average Bonchev–Trinajstić information content (AvgIpc) is 3.20. The molecule has 8 nitrogen and oxygen atoms in total. The van der Waals surface area contributed by atoms with Crippen molar-refractivity contribution in [2.45, 2.75) is 32.4 Å². The minimum absolute atomic E-state index is 0.200. The van der Waals surface area contributed by atoms with Crippen LogP contribution in [0.3, 0.4) is 0 Å². The molecule has 0 aliphatic carbocycles. The molecule has 1 aromatic carbocycles. The highest BCUT2D eigenvalue weighted by Gasteiger charge is 2.33. The molecular weight excluding hydrogens is 435 g/mol. The third-order valence-corrected chi connectivity index (χ3v) is 5.98. The Bertz CT molecular complexity index is 1450. The Morgan fingerprint density at radius 2 is 2.18 bits per heavy atom. The lowest BCUT2D eigenvalue weighted by Crippen LogP contribution is -2.33. The van der Waals surface area contributed by atoms with Crippen molar-refractivity contribution in [3.63, 3.8) is 0 Å². The summed E-state index contributed by atoms with van der Waals surface area (Å²) in [6, 6.07) is 13.0. The Morgan fingerprint density at radius 1 is 1.32 bits per heavy atom. The second kappa shape index (κ2) is 8.32. The molecule has 4 heterocycles. The van der Waals surface area contributed by atoms with E-state index in [1.54, 1.807) is 37.4 Å². The van der Waals surface area contributed by atoms with Crippen molar-refractivity contribution in [3.8, 4) is 11.9 Å². The van der Waals surface area contributed by atoms with Gasteiger partial charge in [-0.25, -0.2) is 14.1 Å². The van der Waals surface area contributed by atoms with Gasteiger partial charge in [-0.15, -0.1) is 0 Å². The summed E-state index contributed by atoms with van der Waals surface area (Å²) in [5, 5.41) is 17.4. The van der Waals surface area contributed by atoms with E-state index in [1.165, 1.54) is 10.9 Å². The Morgan fingerprint density at radius 3 is 2.94 bits per heavy atom. The molecule has 0 spiro atoms. The number of pyridine rings is 2. The molecule has 1 aliphatic heterocycles. The van der Waals surface area contributed by atoms with Gasteiger partial charge in [0.15, 0.2) is 11.6 Å². The SMILES string of the molecule is Cc1nn(-c2ccc3cnc(CNC(=O)c4ccc5c(c4)[C@](C)(C#N)COC5)cc3n2)cc1F. The summed E-state index contributed by atoms with van der Waals surface area (Å²) in [7, 11) is 0. The summed E-state index contributed by atoms with van der Waals surface area (Å²) in [5.74, 6) is -0.176. The van der Waals surface area contributed by atoms with Gasteiger partial charge < -0.3 is 10.1 Å². The van der Waals surface area contributed by atoms with Crippen LogP contribution in [0.5, 0.6) is 0 Å². The fraction of sp³-hybridized carbons (Fsp3) is 0.240. The van der Waals surface area contributed by atoms with E-state index in [0.717, 1.165) is 16.5 Å². The largest absolute Gasteiger partial charge is 0.375 e. The van der Waals surface area contributed by atoms with Crippen LogP contribution in [0.2, 0.25) is 0 Å². The van der Waals surface area contributed by atoms with Crippen LogP contribution >= 0.6 is 0 Å². The molecule has 4 aromatic rings. The van der Waals surface area contributed by atoms with E-state index in [4.69, 9.17) is 4.74 Å². The van der Waals surface area contributed by atoms with E-state index < -0.39 is 11.2 Å². The monoisotopic (exact) mass is 456 g/mol. The lowest BCUT2D eigenvalue weighted by Gasteiger charge is -2.30. The first-order valence-corrected chi connectivity index (χ1v) is 10.7. The number of nitriles is 1. The van der Waals surface area contributed by atoms with Crippen LogP contribution in [-0.2, 0) is 23.3 Å². The molecule has 1 amide bonds. The minimum Gasteiger partial charge on any atom is -0.375 e. The number of hydrogen-bond donors (Lipinski definition) is 1. The molecular formula is C25H21FN6O2. The number of hydrogen-bond acceptors (Lipinski definition) is 6. The van der Waals surface area contributed by atoms with Gasteiger partial charge in [-0.3, -0.25) is 9.78 Å². The summed E-state index contributed by atoms with van der Waals surface area (Å²) in [4.78, 5) is 21.8. The van der Waals surface area contributed by atoms with Gasteiger partial charge in [0, 0.05) is 17.1 Å². The van der Waals surface area contributed by atoms with Crippen molar-refractivity contribution in [3.05, 3.63) is 82.7 Å². The Labute approximate surface area is 195 Å². The summed E-state index contributed by atoms with van der Waals surface area (Å²) < 4.78 is 20.6. The van der Waals surface area contributed by atoms with Crippen molar-refractivity contribution < 1.29 is 13.9 Å². The van der Waals surface area contributed by atoms with Gasteiger partial charge in [-0.05, 0) is 55.3 Å². The van der Waals surface area contributed by atoms with Gasteiger partial charge in [-0.2, -0.15) is 10.4 Å². The van der Waals surface area contributed by atoms with Crippen molar-refractivity contribution in [2.24, 2.45) is 0 Å². The minimum atomic E-state index is -0.789. The maximum Gasteiger partial charge on any atom is 0.251 e. The van der Waals surface area contributed by atoms with Crippen molar-refractivity contribution >= 4 is 16.8 Å². The van der Waals surface area contributed by atoms with Crippen LogP contribution in [-0.4, -0.2) is 32.3 Å². The quantitative estimate of drug-likeness (QED) is 0.504. The number of amides is 1. The number of rotatable bonds is 4. The van der Waals surface area contributed by atoms with Gasteiger partial charge in [0.25, 0.3) is 5.91 Å². The third-order valence-electron chi connectivity index (χ3n) is 5.98. The summed E-state index contributed by atoms with van der Waals surface area (Å²) in [6.07, 6.45) is 2.97. The number of nitrogens with one attached hydrogen (secondary N) is 1. The first-order valence-electron chi connectivity index (χ1n) is 10.7. The molecule has 1 aliphatic rings. The van der Waals surface area contributed by atoms with Gasteiger partial charge in [0.1, 0.15) is 5.41 Å². The number of carbonyl (C=O) groups excluding carboxylic acids is 1. The second-order valence-corrected chi connectivity index (χ2v) is 8.54. The van der Waals surface area contributed by atoms with Crippen LogP contribution in [0.1, 0.15) is 39.8 Å². The fourth-order valence-corrected chi connectivity index (χ4v) is 3.99. The van der Waals surface area contributed by atoms with E-state index in [0.29, 0.717) is 41.5 Å². The lowest BCUT2D eigenvalue weighted by atomic mass is 9.79. The molecule has 0 saturated heterocycles. The molecule has 0 saturated carbocycles. The summed E-state index contributed by atoms with van der Waals surface area (Å²) in [5.41, 5.74) is 3.00. The highest BCUT2D eigenvalue weighted by Crippen LogP contribution is 2.32. The number of ether oxygens (including phenoxy) is 1. The number of fused-ring (bicyclic) bond motifs is 2. The number of benzene rings is 1. The molecule has 0 radical (unpaired) electrons. The van der Waals surface area contributed by atoms with E-state index in [1.807, 2.05) is 19.1 Å². The lowest BCUT2D eigenvalue weighted by molar-refractivity contribution is 0.0757. The standard InChI is InChI=1S/C25H21FN6O2/c1-15-21(26)11-32(31-15)23-6-5-17-9-28-19(8-22(17)30-23)10-29-24(33)16-3-4-18-12-34-14-25(2,13-27)20(18)7-16/h3-9,11H,10,12,14H2,1-2H3,(H,29,33)/t25-/m1/s1. The summed E-state index contributed by atoms with van der Waals surface area (Å²) in [6.45, 7) is 4.32. The number of aromatic nitrogens is 4. The van der Waals surface area contributed by atoms with Crippen LogP contribution < -0.4 is 5.32 Å². The van der Waals surface area contributed by atoms with Gasteiger partial charge in [0.2, 0.25) is 0 Å². The molecule has 1 N–H and O–H groups in total. The van der Waals surface area contributed by atoms with Crippen molar-refractivity contribution in [1.29, 1.82) is 5.26 Å². The normalized spacial score (nSPS) is 17.2. The highest BCUT2D eigenvalue weighted by molar-refractivity contribution is 5.94. The van der Waals surface area contributed by atoms with Crippen LogP contribution in [0, 0.1) is 24.1 Å². The predicted octanol–water partition coefficient (Wildman–Crippen LogP) is 3.50. The van der Waals surface area contributed by atoms with Crippen molar-refractivity contribution in [2.75, 3.05) is 6.61 Å². The molecule has 34 heavy (non-hydrogen) atoms. The maximum atomic E-state index is 13.7. The van der Waals surface area contributed by atoms with Gasteiger partial charge in [0.05, 0.1) is 48.9 Å². The van der Waals surface area contributed by atoms with Crippen LogP contribution in [0.25, 0.3) is 16.7 Å². The third kappa shape index (κ3) is 3.89. The average molecular weight is 456 g/mol. The van der Waals surface area contributed by atoms with E-state index >= 15 is 0 Å². The van der Waals surface area contributed by atoms with E-state index in [9.17, 15) is 14.4 Å². The molecule has 9 heteroatoms. The summed E-state index contributed by atoms with van der Waals surface area (Å²) >= 11 is 0. The zero-order valence-corrected chi connectivity index (χ0v) is 18.7. The number of aryl methyl sites for hydroxylation is 1. The Balaban J connectivity index is 1.35. The fourth-order valence-electron chi connectivity index (χ4n) is 3.99. The number of halogens is 1. The Hall–Kier alpha value is -4.16. The molecule has 0 fully saturated rings. The number of carbonyl (C=O) groups is 1. The van der Waals surface area contributed by atoms with E-state index in [2.05, 4.69) is 26.5 Å². The topological polar surface area (TPSA) is 106 Å². The molecule has 0 bridgehead atoms. The molecule has 3 aromatic heterocycles. The Kier molecular flexibility index (Phi) is 5.30. The van der Waals surface area contributed by atoms with Crippen LogP contribution in [0.15, 0.2) is 48.8 Å². The van der Waals surface area contributed by atoms with Crippen LogP contribution in [0.4, 0.5) is 4.39 Å². The maximum absolute atomic E-state index is 13.7. The molecule has 0 unspecified atom stereocenters. The molecule has 1 atom stereocenters. The van der Waals surface area contributed by atoms with Crippen molar-refractivity contribution in [1.82, 2.24) is 25.1 Å². The molecule has 170 valence electrons. The first-order chi connectivity index (χ1) is 16.4. The second-order valence-electron chi connectivity index (χ2n) is 8.54. The number of nitrogens with zero attached hydrogens (tertiary/aromatic N) is 5. The van der Waals surface area contributed by atoms with Gasteiger partial charge in [-0.1, -0.05) is 6.07 Å².